The summed E-state index contributed by atoms with van der Waals surface area (Å²) in [6.45, 7) is 0. The number of aromatic nitrogens is 3. The van der Waals surface area contributed by atoms with Gasteiger partial charge in [-0.15, -0.1) is 0 Å². The molecular formula is C14H11N5O2. The molecule has 2 aromatic heterocycles. The molecule has 0 fully saturated rings. The van der Waals surface area contributed by atoms with E-state index in [9.17, 15) is 10.1 Å². The number of hydrogen-bond acceptors (Lipinski definition) is 6. The lowest BCUT2D eigenvalue weighted by Crippen LogP contribution is -2.03. The third-order valence-corrected chi connectivity index (χ3v) is 3.11. The Balaban J connectivity index is 2.24. The van der Waals surface area contributed by atoms with Crippen LogP contribution in [0, 0.1) is 10.1 Å². The maximum atomic E-state index is 11.3. The minimum Gasteiger partial charge on any atom is -0.367 e. The normalized spacial score (nSPS) is 10.5. The van der Waals surface area contributed by atoms with E-state index in [1.807, 2.05) is 30.3 Å². The molecule has 7 nitrogen and oxygen atoms in total. The highest BCUT2D eigenvalue weighted by Crippen LogP contribution is 2.33. The van der Waals surface area contributed by atoms with Gasteiger partial charge in [-0.25, -0.2) is 9.97 Å². The topological polar surface area (TPSA) is 93.8 Å². The number of nitrogens with one attached hydrogen (secondary N) is 1. The van der Waals surface area contributed by atoms with Crippen LogP contribution >= 0.6 is 0 Å². The molecular weight excluding hydrogens is 270 g/mol. The molecule has 0 amide bonds. The van der Waals surface area contributed by atoms with E-state index in [2.05, 4.69) is 20.3 Å². The Kier molecular flexibility index (Phi) is 3.15. The number of rotatable bonds is 3. The number of nitro groups is 1. The van der Waals surface area contributed by atoms with Crippen LogP contribution in [-0.2, 0) is 0 Å². The van der Waals surface area contributed by atoms with Crippen LogP contribution in [0.2, 0.25) is 0 Å². The summed E-state index contributed by atoms with van der Waals surface area (Å²) in [6, 6.07) is 9.39. The van der Waals surface area contributed by atoms with Gasteiger partial charge < -0.3 is 5.32 Å². The Morgan fingerprint density at radius 1 is 1.19 bits per heavy atom. The highest BCUT2D eigenvalue weighted by Gasteiger charge is 2.23. The molecule has 1 N–H and O–H groups in total. The van der Waals surface area contributed by atoms with Gasteiger partial charge in [0.15, 0.2) is 5.69 Å². The molecule has 0 aliphatic carbocycles. The number of benzene rings is 1. The van der Waals surface area contributed by atoms with Gasteiger partial charge in [0.05, 0.1) is 10.4 Å². The molecule has 0 aliphatic rings. The van der Waals surface area contributed by atoms with E-state index in [-0.39, 0.29) is 17.2 Å². The number of anilines is 1. The first kappa shape index (κ1) is 12.9. The second-order valence-electron chi connectivity index (χ2n) is 4.34. The molecule has 0 aliphatic heterocycles. The van der Waals surface area contributed by atoms with Crippen molar-refractivity contribution in [2.24, 2.45) is 0 Å². The van der Waals surface area contributed by atoms with Crippen molar-refractivity contribution in [3.8, 4) is 11.3 Å². The first-order valence-electron chi connectivity index (χ1n) is 6.23. The van der Waals surface area contributed by atoms with Crippen LogP contribution in [0.1, 0.15) is 0 Å². The largest absolute Gasteiger partial charge is 0.367 e. The lowest BCUT2D eigenvalue weighted by molar-refractivity contribution is -0.383. The lowest BCUT2D eigenvalue weighted by Gasteiger charge is -2.06. The van der Waals surface area contributed by atoms with Gasteiger partial charge in [-0.3, -0.25) is 15.1 Å². The van der Waals surface area contributed by atoms with E-state index in [4.69, 9.17) is 0 Å². The second-order valence-corrected chi connectivity index (χ2v) is 4.34. The average molecular weight is 281 g/mol. The van der Waals surface area contributed by atoms with Crippen LogP contribution in [-0.4, -0.2) is 26.9 Å². The van der Waals surface area contributed by atoms with Crippen molar-refractivity contribution >= 4 is 22.4 Å². The van der Waals surface area contributed by atoms with E-state index >= 15 is 0 Å². The quantitative estimate of drug-likeness (QED) is 0.586. The zero-order valence-corrected chi connectivity index (χ0v) is 11.1. The third-order valence-electron chi connectivity index (χ3n) is 3.11. The molecule has 0 atom stereocenters. The molecule has 1 aromatic carbocycles. The molecule has 0 unspecified atom stereocenters. The molecule has 21 heavy (non-hydrogen) atoms. The fraction of sp³-hybridized carbons (Fsp3) is 0.0714. The summed E-state index contributed by atoms with van der Waals surface area (Å²) in [5, 5.41) is 14.9. The minimum atomic E-state index is -0.490. The number of fused-ring (bicyclic) bond motifs is 1. The Morgan fingerprint density at radius 2 is 2.00 bits per heavy atom. The first-order valence-corrected chi connectivity index (χ1v) is 6.23. The lowest BCUT2D eigenvalue weighted by atomic mass is 10.1. The summed E-state index contributed by atoms with van der Waals surface area (Å²) < 4.78 is 0. The maximum Gasteiger partial charge on any atom is 0.337 e. The van der Waals surface area contributed by atoms with Crippen molar-refractivity contribution in [2.45, 2.75) is 0 Å². The number of para-hydroxylation sites is 1. The van der Waals surface area contributed by atoms with Gasteiger partial charge in [0.1, 0.15) is 6.33 Å². The summed E-state index contributed by atoms with van der Waals surface area (Å²) >= 11 is 0. The van der Waals surface area contributed by atoms with E-state index in [1.165, 1.54) is 6.33 Å². The van der Waals surface area contributed by atoms with Gasteiger partial charge in [-0.2, -0.15) is 0 Å². The standard InChI is InChI=1S/C14H11N5O2/c1-15-14-13(19(20)21)12(17-8-18-14)10-6-9-4-2-3-5-11(9)16-7-10/h2-8H,1H3,(H,15,17,18). The summed E-state index contributed by atoms with van der Waals surface area (Å²) in [5.74, 6) is 0.179. The van der Waals surface area contributed by atoms with Crippen molar-refractivity contribution in [3.63, 3.8) is 0 Å². The van der Waals surface area contributed by atoms with Crippen molar-refractivity contribution in [2.75, 3.05) is 12.4 Å². The molecule has 0 saturated heterocycles. The van der Waals surface area contributed by atoms with E-state index < -0.39 is 4.92 Å². The van der Waals surface area contributed by atoms with Crippen LogP contribution < -0.4 is 5.32 Å². The summed E-state index contributed by atoms with van der Waals surface area (Å²) in [7, 11) is 1.58. The number of hydrogen-bond donors (Lipinski definition) is 1. The van der Waals surface area contributed by atoms with E-state index in [0.717, 1.165) is 10.9 Å². The zero-order chi connectivity index (χ0) is 14.8. The summed E-state index contributed by atoms with van der Waals surface area (Å²) in [4.78, 5) is 23.1. The summed E-state index contributed by atoms with van der Waals surface area (Å²) in [5.41, 5.74) is 1.50. The Morgan fingerprint density at radius 3 is 2.76 bits per heavy atom. The van der Waals surface area contributed by atoms with E-state index in [1.54, 1.807) is 13.2 Å². The molecule has 2 heterocycles. The highest BCUT2D eigenvalue weighted by atomic mass is 16.6. The fourth-order valence-electron chi connectivity index (χ4n) is 2.15. The Labute approximate surface area is 119 Å². The molecule has 0 bridgehead atoms. The van der Waals surface area contributed by atoms with Crippen LogP contribution in [0.5, 0.6) is 0 Å². The van der Waals surface area contributed by atoms with Crippen molar-refractivity contribution in [1.29, 1.82) is 0 Å². The number of pyridine rings is 1. The van der Waals surface area contributed by atoms with Gasteiger partial charge >= 0.3 is 5.69 Å². The van der Waals surface area contributed by atoms with Crippen LogP contribution in [0.3, 0.4) is 0 Å². The van der Waals surface area contributed by atoms with Crippen molar-refractivity contribution in [1.82, 2.24) is 15.0 Å². The fourth-order valence-corrected chi connectivity index (χ4v) is 2.15. The SMILES string of the molecule is CNc1ncnc(-c2cnc3ccccc3c2)c1[N+](=O)[O-]. The third kappa shape index (κ3) is 2.25. The van der Waals surface area contributed by atoms with Gasteiger partial charge in [-0.1, -0.05) is 18.2 Å². The Bertz CT molecular complexity index is 834. The van der Waals surface area contributed by atoms with E-state index in [0.29, 0.717) is 5.56 Å². The van der Waals surface area contributed by atoms with Gasteiger partial charge in [0.2, 0.25) is 5.82 Å². The monoisotopic (exact) mass is 281 g/mol. The van der Waals surface area contributed by atoms with Crippen molar-refractivity contribution in [3.05, 3.63) is 53.0 Å². The second kappa shape index (κ2) is 5.12. The molecule has 3 rings (SSSR count). The smallest absolute Gasteiger partial charge is 0.337 e. The van der Waals surface area contributed by atoms with Gasteiger partial charge in [0, 0.05) is 24.2 Å². The minimum absolute atomic E-state index is 0.155. The molecule has 0 saturated carbocycles. The predicted octanol–water partition coefficient (Wildman–Crippen LogP) is 2.64. The zero-order valence-electron chi connectivity index (χ0n) is 11.1. The molecule has 3 aromatic rings. The van der Waals surface area contributed by atoms with Crippen LogP contribution in [0.15, 0.2) is 42.9 Å². The molecule has 7 heteroatoms. The first-order chi connectivity index (χ1) is 10.2. The molecule has 0 radical (unpaired) electrons. The summed E-state index contributed by atoms with van der Waals surface area (Å²) in [6.07, 6.45) is 2.88. The van der Waals surface area contributed by atoms with Gasteiger partial charge in [0.25, 0.3) is 0 Å². The predicted molar refractivity (Wildman–Crippen MR) is 79.0 cm³/mol. The van der Waals surface area contributed by atoms with Crippen LogP contribution in [0.25, 0.3) is 22.2 Å². The number of nitrogens with zero attached hydrogens (tertiary/aromatic N) is 4. The maximum absolute atomic E-state index is 11.3. The Hall–Kier alpha value is -3.09. The van der Waals surface area contributed by atoms with Crippen LogP contribution in [0.4, 0.5) is 11.5 Å². The average Bonchev–Trinajstić information content (AvgIpc) is 2.53. The van der Waals surface area contributed by atoms with Crippen molar-refractivity contribution < 1.29 is 4.92 Å². The molecule has 104 valence electrons. The molecule has 0 spiro atoms. The van der Waals surface area contributed by atoms with Gasteiger partial charge in [-0.05, 0) is 12.1 Å². The highest BCUT2D eigenvalue weighted by molar-refractivity contribution is 5.85.